The van der Waals surface area contributed by atoms with E-state index in [0.717, 1.165) is 30.5 Å². The lowest BCUT2D eigenvalue weighted by Gasteiger charge is -2.22. The molecule has 0 bridgehead atoms. The van der Waals surface area contributed by atoms with Crippen LogP contribution in [0.15, 0.2) is 11.4 Å². The highest BCUT2D eigenvalue weighted by Crippen LogP contribution is 2.31. The van der Waals surface area contributed by atoms with Gasteiger partial charge < -0.3 is 14.4 Å². The maximum Gasteiger partial charge on any atom is 0.313 e. The summed E-state index contributed by atoms with van der Waals surface area (Å²) in [6.45, 7) is 5.76. The molecule has 1 aromatic heterocycles. The zero-order valence-corrected chi connectivity index (χ0v) is 11.4. The molecule has 1 aliphatic rings. The van der Waals surface area contributed by atoms with Gasteiger partial charge >= 0.3 is 5.97 Å². The van der Waals surface area contributed by atoms with E-state index in [1.54, 1.807) is 6.20 Å². The standard InChI is InChI=1S/C12H18N2O3S/c1-8-5-13-12(18-7-11(15)16)14(8)9(2)10-3-4-17-6-10/h5,9-10H,3-4,6-7H2,1-2H3,(H,15,16). The first-order valence-electron chi connectivity index (χ1n) is 6.05. The summed E-state index contributed by atoms with van der Waals surface area (Å²) in [5, 5.41) is 9.53. The van der Waals surface area contributed by atoms with Crippen LogP contribution >= 0.6 is 11.8 Å². The predicted octanol–water partition coefficient (Wildman–Crippen LogP) is 1.97. The Morgan fingerprint density at radius 2 is 2.56 bits per heavy atom. The Morgan fingerprint density at radius 3 is 3.17 bits per heavy atom. The first kappa shape index (κ1) is 13.4. The van der Waals surface area contributed by atoms with Gasteiger partial charge in [-0.25, -0.2) is 4.98 Å². The number of aromatic nitrogens is 2. The van der Waals surface area contributed by atoms with Crippen LogP contribution in [0.4, 0.5) is 0 Å². The van der Waals surface area contributed by atoms with E-state index in [4.69, 9.17) is 9.84 Å². The van der Waals surface area contributed by atoms with Crippen molar-refractivity contribution in [3.63, 3.8) is 0 Å². The van der Waals surface area contributed by atoms with Crippen LogP contribution in [0.5, 0.6) is 0 Å². The number of ether oxygens (including phenoxy) is 1. The zero-order valence-electron chi connectivity index (χ0n) is 10.6. The minimum atomic E-state index is -0.816. The normalized spacial score (nSPS) is 21.1. The second-order valence-electron chi connectivity index (χ2n) is 4.60. The number of hydrogen-bond acceptors (Lipinski definition) is 4. The first-order valence-corrected chi connectivity index (χ1v) is 7.04. The topological polar surface area (TPSA) is 64.3 Å². The molecule has 100 valence electrons. The third-order valence-electron chi connectivity index (χ3n) is 3.33. The van der Waals surface area contributed by atoms with Crippen molar-refractivity contribution in [1.29, 1.82) is 0 Å². The Labute approximate surface area is 111 Å². The van der Waals surface area contributed by atoms with E-state index in [9.17, 15) is 4.79 Å². The van der Waals surface area contributed by atoms with E-state index in [0.29, 0.717) is 12.0 Å². The van der Waals surface area contributed by atoms with E-state index >= 15 is 0 Å². The molecular weight excluding hydrogens is 252 g/mol. The molecule has 2 rings (SSSR count). The molecule has 2 heterocycles. The van der Waals surface area contributed by atoms with Crippen molar-refractivity contribution in [1.82, 2.24) is 9.55 Å². The number of aliphatic carboxylic acids is 1. The van der Waals surface area contributed by atoms with Gasteiger partial charge in [0.2, 0.25) is 0 Å². The lowest BCUT2D eigenvalue weighted by atomic mass is 10.0. The Hall–Kier alpha value is -1.01. The fraction of sp³-hybridized carbons (Fsp3) is 0.667. The summed E-state index contributed by atoms with van der Waals surface area (Å²) < 4.78 is 7.55. The number of carboxylic acid groups (broad SMARTS) is 1. The lowest BCUT2D eigenvalue weighted by molar-refractivity contribution is -0.133. The third kappa shape index (κ3) is 2.87. The summed E-state index contributed by atoms with van der Waals surface area (Å²) in [6, 6.07) is 0.297. The molecule has 0 amide bonds. The highest BCUT2D eigenvalue weighted by Gasteiger charge is 2.26. The van der Waals surface area contributed by atoms with E-state index in [1.165, 1.54) is 11.8 Å². The molecule has 1 aliphatic heterocycles. The number of carboxylic acids is 1. The first-order chi connectivity index (χ1) is 8.59. The Kier molecular flexibility index (Phi) is 4.29. The molecule has 0 aromatic carbocycles. The average molecular weight is 270 g/mol. The second-order valence-corrected chi connectivity index (χ2v) is 5.54. The van der Waals surface area contributed by atoms with Crippen molar-refractivity contribution in [3.8, 4) is 0 Å². The van der Waals surface area contributed by atoms with Gasteiger partial charge in [0.1, 0.15) is 0 Å². The summed E-state index contributed by atoms with van der Waals surface area (Å²) in [6.07, 6.45) is 2.86. The number of nitrogens with zero attached hydrogens (tertiary/aromatic N) is 2. The molecule has 0 saturated carbocycles. The highest BCUT2D eigenvalue weighted by molar-refractivity contribution is 7.99. The minimum absolute atomic E-state index is 0.0460. The number of carbonyl (C=O) groups is 1. The van der Waals surface area contributed by atoms with Gasteiger partial charge in [0.05, 0.1) is 12.4 Å². The second kappa shape index (κ2) is 5.75. The third-order valence-corrected chi connectivity index (χ3v) is 4.28. The molecule has 2 unspecified atom stereocenters. The van der Waals surface area contributed by atoms with Gasteiger partial charge in [-0.1, -0.05) is 11.8 Å². The van der Waals surface area contributed by atoms with Crippen LogP contribution in [-0.2, 0) is 9.53 Å². The van der Waals surface area contributed by atoms with Crippen molar-refractivity contribution in [2.75, 3.05) is 19.0 Å². The maximum atomic E-state index is 10.6. The number of rotatable bonds is 5. The van der Waals surface area contributed by atoms with Gasteiger partial charge in [-0.15, -0.1) is 0 Å². The molecular formula is C12H18N2O3S. The van der Waals surface area contributed by atoms with Gasteiger partial charge in [0.15, 0.2) is 5.16 Å². The van der Waals surface area contributed by atoms with Gasteiger partial charge in [0, 0.05) is 30.5 Å². The van der Waals surface area contributed by atoms with E-state index in [-0.39, 0.29) is 5.75 Å². The molecule has 5 nitrogen and oxygen atoms in total. The van der Waals surface area contributed by atoms with Crippen molar-refractivity contribution < 1.29 is 14.6 Å². The van der Waals surface area contributed by atoms with Gasteiger partial charge in [-0.3, -0.25) is 4.79 Å². The number of thioether (sulfide) groups is 1. The van der Waals surface area contributed by atoms with Gasteiger partial charge in [-0.05, 0) is 20.3 Å². The quantitative estimate of drug-likeness (QED) is 0.829. The fourth-order valence-electron chi connectivity index (χ4n) is 2.30. The SMILES string of the molecule is Cc1cnc(SCC(=O)O)n1C(C)C1CCOC1. The summed E-state index contributed by atoms with van der Waals surface area (Å²) in [7, 11) is 0. The number of aryl methyl sites for hydroxylation is 1. The van der Waals surface area contributed by atoms with Gasteiger partial charge in [-0.2, -0.15) is 0 Å². The molecule has 1 saturated heterocycles. The van der Waals surface area contributed by atoms with Crippen LogP contribution < -0.4 is 0 Å². The molecule has 6 heteroatoms. The van der Waals surface area contributed by atoms with Crippen LogP contribution in [0.1, 0.15) is 25.1 Å². The van der Waals surface area contributed by atoms with E-state index in [2.05, 4.69) is 16.5 Å². The highest BCUT2D eigenvalue weighted by atomic mass is 32.2. The monoisotopic (exact) mass is 270 g/mol. The molecule has 18 heavy (non-hydrogen) atoms. The maximum absolute atomic E-state index is 10.6. The predicted molar refractivity (Wildman–Crippen MR) is 69.0 cm³/mol. The van der Waals surface area contributed by atoms with E-state index < -0.39 is 5.97 Å². The van der Waals surface area contributed by atoms with Crippen LogP contribution in [0.3, 0.4) is 0 Å². The Balaban J connectivity index is 2.14. The molecule has 0 radical (unpaired) electrons. The Bertz CT molecular complexity index is 427. The molecule has 1 fully saturated rings. The average Bonchev–Trinajstić information content (AvgIpc) is 2.94. The molecule has 0 aliphatic carbocycles. The largest absolute Gasteiger partial charge is 0.481 e. The summed E-state index contributed by atoms with van der Waals surface area (Å²) in [5.74, 6) is -0.282. The molecule has 1 aromatic rings. The summed E-state index contributed by atoms with van der Waals surface area (Å²) in [4.78, 5) is 14.9. The molecule has 1 N–H and O–H groups in total. The number of imidazole rings is 1. The van der Waals surface area contributed by atoms with Crippen molar-refractivity contribution in [2.24, 2.45) is 5.92 Å². The van der Waals surface area contributed by atoms with Crippen LogP contribution in [0.25, 0.3) is 0 Å². The smallest absolute Gasteiger partial charge is 0.313 e. The fourth-order valence-corrected chi connectivity index (χ4v) is 3.13. The molecule has 0 spiro atoms. The lowest BCUT2D eigenvalue weighted by Crippen LogP contribution is -2.19. The zero-order chi connectivity index (χ0) is 13.1. The van der Waals surface area contributed by atoms with Crippen molar-refractivity contribution in [3.05, 3.63) is 11.9 Å². The van der Waals surface area contributed by atoms with Crippen LogP contribution in [-0.4, -0.2) is 39.6 Å². The summed E-state index contributed by atoms with van der Waals surface area (Å²) >= 11 is 1.27. The Morgan fingerprint density at radius 1 is 1.78 bits per heavy atom. The van der Waals surface area contributed by atoms with Crippen LogP contribution in [0.2, 0.25) is 0 Å². The van der Waals surface area contributed by atoms with Crippen LogP contribution in [0, 0.1) is 12.8 Å². The van der Waals surface area contributed by atoms with E-state index in [1.807, 2.05) is 6.92 Å². The van der Waals surface area contributed by atoms with Crippen molar-refractivity contribution >= 4 is 17.7 Å². The number of hydrogen-bond donors (Lipinski definition) is 1. The van der Waals surface area contributed by atoms with Gasteiger partial charge in [0.25, 0.3) is 0 Å². The molecule has 2 atom stereocenters. The summed E-state index contributed by atoms with van der Waals surface area (Å²) in [5.41, 5.74) is 1.07. The van der Waals surface area contributed by atoms with Crippen molar-refractivity contribution in [2.45, 2.75) is 31.5 Å². The minimum Gasteiger partial charge on any atom is -0.481 e.